The zero-order valence-electron chi connectivity index (χ0n) is 17.1. The van der Waals surface area contributed by atoms with Gasteiger partial charge in [0, 0.05) is 0 Å². The van der Waals surface area contributed by atoms with Crippen molar-refractivity contribution in [3.05, 3.63) is 101 Å². The molecular weight excluding hydrogens is 404 g/mol. The summed E-state index contributed by atoms with van der Waals surface area (Å²) < 4.78 is 7.60. The fraction of sp³-hybridized carbons (Fsp3) is 0.0800. The van der Waals surface area contributed by atoms with Gasteiger partial charge >= 0.3 is 5.97 Å². The van der Waals surface area contributed by atoms with Crippen LogP contribution in [0.3, 0.4) is 0 Å². The molecule has 0 spiro atoms. The largest absolute Gasteiger partial charge is 0.478 e. The standard InChI is InChI=1S/C25H18N4O3/c1-14-21-22(16-6-8-17(9-7-16)25(30)31)20(13-26)23(27)32-24(21)29(28-14)19-11-10-15-4-2-3-5-18(15)12-19/h2-12,22H,27H2,1H3,(H,30,31). The molecule has 0 amide bonds. The van der Waals surface area contributed by atoms with E-state index in [-0.39, 0.29) is 17.0 Å². The second-order valence-corrected chi connectivity index (χ2v) is 7.60. The van der Waals surface area contributed by atoms with Crippen molar-refractivity contribution in [1.82, 2.24) is 9.78 Å². The van der Waals surface area contributed by atoms with Crippen LogP contribution in [0.2, 0.25) is 0 Å². The van der Waals surface area contributed by atoms with Crippen molar-refractivity contribution < 1.29 is 14.6 Å². The number of hydrogen-bond donors (Lipinski definition) is 2. The summed E-state index contributed by atoms with van der Waals surface area (Å²) in [5.74, 6) is -1.07. The first-order valence-electron chi connectivity index (χ1n) is 9.97. The van der Waals surface area contributed by atoms with Crippen LogP contribution in [0.15, 0.2) is 78.2 Å². The maximum atomic E-state index is 11.3. The van der Waals surface area contributed by atoms with E-state index in [0.29, 0.717) is 11.6 Å². The van der Waals surface area contributed by atoms with Crippen LogP contribution in [-0.4, -0.2) is 20.9 Å². The molecule has 0 saturated heterocycles. The number of hydrogen-bond acceptors (Lipinski definition) is 5. The third-order valence-electron chi connectivity index (χ3n) is 5.70. The molecule has 3 aromatic carbocycles. The van der Waals surface area contributed by atoms with Crippen LogP contribution in [0, 0.1) is 18.3 Å². The lowest BCUT2D eigenvalue weighted by atomic mass is 9.84. The van der Waals surface area contributed by atoms with Crippen molar-refractivity contribution in [2.75, 3.05) is 0 Å². The molecule has 3 N–H and O–H groups in total. The monoisotopic (exact) mass is 422 g/mol. The maximum Gasteiger partial charge on any atom is 0.335 e. The van der Waals surface area contributed by atoms with Gasteiger partial charge < -0.3 is 15.6 Å². The number of aryl methyl sites for hydroxylation is 1. The first kappa shape index (κ1) is 19.4. The Kier molecular flexibility index (Phi) is 4.42. The molecule has 7 nitrogen and oxygen atoms in total. The van der Waals surface area contributed by atoms with E-state index >= 15 is 0 Å². The molecule has 1 aromatic heterocycles. The van der Waals surface area contributed by atoms with E-state index < -0.39 is 11.9 Å². The number of nitrogens with zero attached hydrogens (tertiary/aromatic N) is 3. The van der Waals surface area contributed by atoms with Gasteiger partial charge in [-0.05, 0) is 47.5 Å². The van der Waals surface area contributed by atoms with Crippen molar-refractivity contribution in [1.29, 1.82) is 5.26 Å². The van der Waals surface area contributed by atoms with Crippen molar-refractivity contribution in [2.24, 2.45) is 5.73 Å². The highest BCUT2D eigenvalue weighted by molar-refractivity contribution is 5.87. The molecule has 0 fully saturated rings. The summed E-state index contributed by atoms with van der Waals surface area (Å²) in [5.41, 5.74) is 9.56. The number of nitrogens with two attached hydrogens (primary N) is 1. The number of aromatic carboxylic acids is 1. The summed E-state index contributed by atoms with van der Waals surface area (Å²) in [7, 11) is 0. The summed E-state index contributed by atoms with van der Waals surface area (Å²) in [5, 5.41) is 25.9. The molecule has 0 bridgehead atoms. The Labute approximate surface area is 183 Å². The van der Waals surface area contributed by atoms with Crippen molar-refractivity contribution in [3.8, 4) is 17.6 Å². The van der Waals surface area contributed by atoms with E-state index in [0.717, 1.165) is 27.6 Å². The number of carbonyl (C=O) groups is 1. The Morgan fingerprint density at radius 3 is 2.53 bits per heavy atom. The average molecular weight is 422 g/mol. The average Bonchev–Trinajstić information content (AvgIpc) is 3.13. The summed E-state index contributed by atoms with van der Waals surface area (Å²) in [4.78, 5) is 11.3. The Bertz CT molecular complexity index is 1460. The summed E-state index contributed by atoms with van der Waals surface area (Å²) in [6.45, 7) is 1.86. The van der Waals surface area contributed by atoms with Gasteiger partial charge in [-0.25, -0.2) is 9.48 Å². The number of aromatic nitrogens is 2. The molecule has 1 atom stereocenters. The van der Waals surface area contributed by atoms with Crippen LogP contribution < -0.4 is 10.5 Å². The summed E-state index contributed by atoms with van der Waals surface area (Å²) in [6.07, 6.45) is 0. The molecule has 0 aliphatic carbocycles. The van der Waals surface area contributed by atoms with E-state index in [1.807, 2.05) is 49.4 Å². The molecule has 4 aromatic rings. The van der Waals surface area contributed by atoms with Crippen LogP contribution in [-0.2, 0) is 0 Å². The van der Waals surface area contributed by atoms with Crippen molar-refractivity contribution >= 4 is 16.7 Å². The first-order chi connectivity index (χ1) is 15.5. The summed E-state index contributed by atoms with van der Waals surface area (Å²) >= 11 is 0. The van der Waals surface area contributed by atoms with Gasteiger partial charge in [0.05, 0.1) is 28.4 Å². The molecule has 32 heavy (non-hydrogen) atoms. The third kappa shape index (κ3) is 2.97. The normalized spacial score (nSPS) is 15.2. The highest BCUT2D eigenvalue weighted by atomic mass is 16.5. The number of rotatable bonds is 3. The van der Waals surface area contributed by atoms with E-state index in [4.69, 9.17) is 15.6 Å². The minimum absolute atomic E-state index is 0.00857. The van der Waals surface area contributed by atoms with Gasteiger partial charge in [-0.15, -0.1) is 0 Å². The number of carboxylic acids is 1. The van der Waals surface area contributed by atoms with Crippen LogP contribution in [0.5, 0.6) is 5.88 Å². The minimum Gasteiger partial charge on any atom is -0.478 e. The molecule has 1 aliphatic heterocycles. The molecule has 0 radical (unpaired) electrons. The fourth-order valence-corrected chi connectivity index (χ4v) is 4.15. The van der Waals surface area contributed by atoms with Crippen LogP contribution in [0.1, 0.15) is 33.1 Å². The highest BCUT2D eigenvalue weighted by Crippen LogP contribution is 2.44. The molecular formula is C25H18N4O3. The number of carboxylic acid groups (broad SMARTS) is 1. The van der Waals surface area contributed by atoms with Crippen LogP contribution in [0.4, 0.5) is 0 Å². The molecule has 2 heterocycles. The molecule has 1 unspecified atom stereocenters. The van der Waals surface area contributed by atoms with E-state index in [9.17, 15) is 15.2 Å². The summed E-state index contributed by atoms with van der Waals surface area (Å²) in [6, 6.07) is 22.6. The van der Waals surface area contributed by atoms with E-state index in [2.05, 4.69) is 6.07 Å². The van der Waals surface area contributed by atoms with Crippen molar-refractivity contribution in [2.45, 2.75) is 12.8 Å². The number of ether oxygens (including phenoxy) is 1. The Morgan fingerprint density at radius 2 is 1.84 bits per heavy atom. The van der Waals surface area contributed by atoms with Gasteiger partial charge in [0.25, 0.3) is 0 Å². The topological polar surface area (TPSA) is 114 Å². The fourth-order valence-electron chi connectivity index (χ4n) is 4.15. The number of nitriles is 1. The zero-order chi connectivity index (χ0) is 22.4. The third-order valence-corrected chi connectivity index (χ3v) is 5.70. The molecule has 5 rings (SSSR count). The SMILES string of the molecule is Cc1nn(-c2ccc3ccccc3c2)c2c1C(c1ccc(C(=O)O)cc1)C(C#N)=C(N)O2. The van der Waals surface area contributed by atoms with Crippen LogP contribution in [0.25, 0.3) is 16.5 Å². The second kappa shape index (κ2) is 7.29. The van der Waals surface area contributed by atoms with Gasteiger partial charge in [0.2, 0.25) is 11.8 Å². The van der Waals surface area contributed by atoms with E-state index in [1.165, 1.54) is 12.1 Å². The Hall–Kier alpha value is -4.57. The van der Waals surface area contributed by atoms with Gasteiger partial charge in [0.1, 0.15) is 11.6 Å². The lowest BCUT2D eigenvalue weighted by Gasteiger charge is -2.25. The molecule has 1 aliphatic rings. The molecule has 0 saturated carbocycles. The molecule has 156 valence electrons. The number of benzene rings is 3. The molecule has 7 heteroatoms. The zero-order valence-corrected chi connectivity index (χ0v) is 17.1. The maximum absolute atomic E-state index is 11.3. The highest BCUT2D eigenvalue weighted by Gasteiger charge is 2.36. The van der Waals surface area contributed by atoms with Gasteiger partial charge in [-0.3, -0.25) is 0 Å². The first-order valence-corrected chi connectivity index (χ1v) is 9.97. The quantitative estimate of drug-likeness (QED) is 0.510. The van der Waals surface area contributed by atoms with Crippen molar-refractivity contribution in [3.63, 3.8) is 0 Å². The number of allylic oxidation sites excluding steroid dienone is 1. The number of fused-ring (bicyclic) bond motifs is 2. The predicted octanol–water partition coefficient (Wildman–Crippen LogP) is 4.25. The van der Waals surface area contributed by atoms with Crippen LogP contribution >= 0.6 is 0 Å². The smallest absolute Gasteiger partial charge is 0.335 e. The Morgan fingerprint density at radius 1 is 1.12 bits per heavy atom. The van der Waals surface area contributed by atoms with Gasteiger partial charge in [-0.1, -0.05) is 42.5 Å². The van der Waals surface area contributed by atoms with Gasteiger partial charge in [0.15, 0.2) is 0 Å². The lowest BCUT2D eigenvalue weighted by Crippen LogP contribution is -2.22. The van der Waals surface area contributed by atoms with E-state index in [1.54, 1.807) is 16.8 Å². The lowest BCUT2D eigenvalue weighted by molar-refractivity contribution is 0.0697. The van der Waals surface area contributed by atoms with Gasteiger partial charge in [-0.2, -0.15) is 10.4 Å². The second-order valence-electron chi connectivity index (χ2n) is 7.60. The predicted molar refractivity (Wildman–Crippen MR) is 119 cm³/mol. The minimum atomic E-state index is -1.01. The Balaban J connectivity index is 1.69.